The predicted octanol–water partition coefficient (Wildman–Crippen LogP) is 4.10. The summed E-state index contributed by atoms with van der Waals surface area (Å²) in [5, 5.41) is 16.1. The van der Waals surface area contributed by atoms with Crippen LogP contribution in [0.3, 0.4) is 0 Å². The van der Waals surface area contributed by atoms with Crippen molar-refractivity contribution in [1.29, 1.82) is 0 Å². The molecule has 8 heteroatoms. The van der Waals surface area contributed by atoms with Crippen molar-refractivity contribution in [3.63, 3.8) is 0 Å². The highest BCUT2D eigenvalue weighted by atomic mass is 35.5. The molecule has 2 aromatic heterocycles. The van der Waals surface area contributed by atoms with E-state index in [1.165, 1.54) is 5.56 Å². The molecular weight excluding hydrogens is 394 g/mol. The molecule has 2 heterocycles. The minimum atomic E-state index is -0.224. The molecule has 3 aromatic rings. The molecule has 0 radical (unpaired) electrons. The van der Waals surface area contributed by atoms with Gasteiger partial charge in [-0.05, 0) is 60.6 Å². The molecule has 148 valence electrons. The topological polar surface area (TPSA) is 63.1 Å². The van der Waals surface area contributed by atoms with Crippen LogP contribution in [0.15, 0.2) is 41.1 Å². The predicted molar refractivity (Wildman–Crippen MR) is 113 cm³/mol. The van der Waals surface area contributed by atoms with E-state index < -0.39 is 0 Å². The smallest absolute Gasteiger partial charge is 0.273 e. The van der Waals surface area contributed by atoms with Gasteiger partial charge in [-0.15, -0.1) is 5.10 Å². The molecule has 0 aliphatic rings. The van der Waals surface area contributed by atoms with E-state index >= 15 is 0 Å². The molecular formula is C20H24ClN5OS. The highest BCUT2D eigenvalue weighted by Crippen LogP contribution is 2.22. The molecule has 1 unspecified atom stereocenters. The second-order valence-electron chi connectivity index (χ2n) is 6.42. The van der Waals surface area contributed by atoms with Crippen LogP contribution < -0.4 is 5.32 Å². The first-order valence-electron chi connectivity index (χ1n) is 9.27. The Kier molecular flexibility index (Phi) is 6.83. The first-order valence-corrected chi connectivity index (χ1v) is 10.6. The van der Waals surface area contributed by atoms with Gasteiger partial charge in [0.2, 0.25) is 0 Å². The molecule has 3 rings (SSSR count). The second kappa shape index (κ2) is 9.32. The number of hydrogen-bond acceptors (Lipinski definition) is 5. The molecule has 28 heavy (non-hydrogen) atoms. The van der Waals surface area contributed by atoms with Crippen molar-refractivity contribution in [2.24, 2.45) is 0 Å². The Bertz CT molecular complexity index is 921. The van der Waals surface area contributed by atoms with Gasteiger partial charge in [0.15, 0.2) is 5.69 Å². The van der Waals surface area contributed by atoms with Crippen LogP contribution in [0.1, 0.15) is 41.6 Å². The van der Waals surface area contributed by atoms with Gasteiger partial charge in [-0.3, -0.25) is 9.69 Å². The van der Waals surface area contributed by atoms with Crippen LogP contribution in [0.5, 0.6) is 0 Å². The average molecular weight is 418 g/mol. The van der Waals surface area contributed by atoms with Gasteiger partial charge in [0.25, 0.3) is 5.91 Å². The van der Waals surface area contributed by atoms with Gasteiger partial charge < -0.3 is 5.32 Å². The third-order valence-corrected chi connectivity index (χ3v) is 5.74. The normalized spacial score (nSPS) is 12.3. The summed E-state index contributed by atoms with van der Waals surface area (Å²) in [4.78, 5) is 15.1. The summed E-state index contributed by atoms with van der Waals surface area (Å²) >= 11 is 7.73. The first kappa shape index (κ1) is 20.5. The number of benzene rings is 1. The summed E-state index contributed by atoms with van der Waals surface area (Å²) < 4.78 is 1.63. The van der Waals surface area contributed by atoms with Gasteiger partial charge in [-0.2, -0.15) is 11.3 Å². The molecule has 1 atom stereocenters. The lowest BCUT2D eigenvalue weighted by Crippen LogP contribution is -2.38. The fourth-order valence-corrected chi connectivity index (χ4v) is 4.14. The maximum absolute atomic E-state index is 12.8. The summed E-state index contributed by atoms with van der Waals surface area (Å²) in [6.45, 7) is 8.43. The lowest BCUT2D eigenvalue weighted by Gasteiger charge is -2.29. The number of halogens is 1. The van der Waals surface area contributed by atoms with Crippen LogP contribution in [0, 0.1) is 6.92 Å². The fourth-order valence-electron chi connectivity index (χ4n) is 3.25. The van der Waals surface area contributed by atoms with Crippen LogP contribution in [0.25, 0.3) is 5.69 Å². The Labute approximate surface area is 174 Å². The van der Waals surface area contributed by atoms with Gasteiger partial charge in [0.05, 0.1) is 17.4 Å². The maximum Gasteiger partial charge on any atom is 0.273 e. The average Bonchev–Trinajstić information content (AvgIpc) is 3.35. The third-order valence-electron chi connectivity index (χ3n) is 4.80. The second-order valence-corrected chi connectivity index (χ2v) is 7.64. The number of amides is 1. The minimum Gasteiger partial charge on any atom is -0.349 e. The van der Waals surface area contributed by atoms with Gasteiger partial charge >= 0.3 is 0 Å². The molecule has 0 spiro atoms. The number of rotatable bonds is 8. The van der Waals surface area contributed by atoms with Crippen LogP contribution in [-0.4, -0.2) is 45.4 Å². The van der Waals surface area contributed by atoms with E-state index in [2.05, 4.69) is 51.2 Å². The van der Waals surface area contributed by atoms with Crippen molar-refractivity contribution < 1.29 is 4.79 Å². The van der Waals surface area contributed by atoms with Crippen LogP contribution in [0.4, 0.5) is 0 Å². The number of nitrogens with zero attached hydrogens (tertiary/aromatic N) is 4. The summed E-state index contributed by atoms with van der Waals surface area (Å²) in [5.74, 6) is -0.224. The molecule has 0 aliphatic carbocycles. The van der Waals surface area contributed by atoms with Crippen molar-refractivity contribution in [2.45, 2.75) is 26.8 Å². The number of hydrogen-bond donors (Lipinski definition) is 1. The SMILES string of the molecule is CCN(CC)C(CNC(=O)c1nnn(-c2cccc(Cl)c2)c1C)c1ccsc1. The van der Waals surface area contributed by atoms with E-state index in [0.717, 1.165) is 18.8 Å². The lowest BCUT2D eigenvalue weighted by atomic mass is 10.1. The number of carbonyl (C=O) groups excluding carboxylic acids is 1. The van der Waals surface area contributed by atoms with Gasteiger partial charge in [-0.25, -0.2) is 4.68 Å². The van der Waals surface area contributed by atoms with Crippen molar-refractivity contribution in [3.05, 3.63) is 63.1 Å². The highest BCUT2D eigenvalue weighted by Gasteiger charge is 2.22. The molecule has 6 nitrogen and oxygen atoms in total. The van der Waals surface area contributed by atoms with E-state index in [0.29, 0.717) is 23.0 Å². The van der Waals surface area contributed by atoms with Crippen LogP contribution in [-0.2, 0) is 0 Å². The van der Waals surface area contributed by atoms with Gasteiger partial charge in [0, 0.05) is 11.6 Å². The summed E-state index contributed by atoms with van der Waals surface area (Å²) in [6.07, 6.45) is 0. The van der Waals surface area contributed by atoms with E-state index in [-0.39, 0.29) is 11.9 Å². The number of nitrogens with one attached hydrogen (secondary N) is 1. The zero-order valence-electron chi connectivity index (χ0n) is 16.2. The van der Waals surface area contributed by atoms with E-state index in [9.17, 15) is 4.79 Å². The molecule has 1 amide bonds. The lowest BCUT2D eigenvalue weighted by molar-refractivity contribution is 0.0929. The van der Waals surface area contributed by atoms with Gasteiger partial charge in [0.1, 0.15) is 0 Å². The Balaban J connectivity index is 1.76. The van der Waals surface area contributed by atoms with Crippen molar-refractivity contribution in [3.8, 4) is 5.69 Å². The monoisotopic (exact) mass is 417 g/mol. The van der Waals surface area contributed by atoms with Crippen LogP contribution in [0.2, 0.25) is 5.02 Å². The molecule has 1 N–H and O–H groups in total. The Morgan fingerprint density at radius 2 is 2.11 bits per heavy atom. The number of carbonyl (C=O) groups is 1. The van der Waals surface area contributed by atoms with Crippen LogP contribution >= 0.6 is 22.9 Å². The Hall–Kier alpha value is -2.22. The molecule has 0 saturated carbocycles. The van der Waals surface area contributed by atoms with Crippen molar-refractivity contribution in [1.82, 2.24) is 25.2 Å². The third kappa shape index (κ3) is 4.43. The summed E-state index contributed by atoms with van der Waals surface area (Å²) in [7, 11) is 0. The quantitative estimate of drug-likeness (QED) is 0.599. The minimum absolute atomic E-state index is 0.133. The molecule has 0 fully saturated rings. The standard InChI is InChI=1S/C20H24ClN5OS/c1-4-25(5-2)18(15-9-10-28-13-15)12-22-20(27)19-14(3)26(24-23-19)17-8-6-7-16(21)11-17/h6-11,13,18H,4-5,12H2,1-3H3,(H,22,27). The first-order chi connectivity index (χ1) is 13.5. The molecule has 0 bridgehead atoms. The molecule has 1 aromatic carbocycles. The highest BCUT2D eigenvalue weighted by molar-refractivity contribution is 7.08. The van der Waals surface area contributed by atoms with Crippen molar-refractivity contribution >= 4 is 28.8 Å². The van der Waals surface area contributed by atoms with E-state index in [4.69, 9.17) is 11.6 Å². The Morgan fingerprint density at radius 3 is 2.75 bits per heavy atom. The number of aromatic nitrogens is 3. The summed E-state index contributed by atoms with van der Waals surface area (Å²) in [5.41, 5.74) is 2.99. The van der Waals surface area contributed by atoms with Gasteiger partial charge in [-0.1, -0.05) is 36.7 Å². The fraction of sp³-hybridized carbons (Fsp3) is 0.350. The number of thiophene rings is 1. The number of likely N-dealkylation sites (N-methyl/N-ethyl adjacent to an activating group) is 1. The Morgan fingerprint density at radius 1 is 1.32 bits per heavy atom. The zero-order chi connectivity index (χ0) is 20.1. The van der Waals surface area contributed by atoms with E-state index in [1.807, 2.05) is 19.1 Å². The largest absolute Gasteiger partial charge is 0.349 e. The van der Waals surface area contributed by atoms with Crippen molar-refractivity contribution in [2.75, 3.05) is 19.6 Å². The van der Waals surface area contributed by atoms with E-state index in [1.54, 1.807) is 28.2 Å². The molecule has 0 saturated heterocycles. The maximum atomic E-state index is 12.8. The zero-order valence-corrected chi connectivity index (χ0v) is 17.8. The summed E-state index contributed by atoms with van der Waals surface area (Å²) in [6, 6.07) is 9.55. The molecule has 0 aliphatic heterocycles.